The highest BCUT2D eigenvalue weighted by Gasteiger charge is 2.34. The summed E-state index contributed by atoms with van der Waals surface area (Å²) in [6, 6.07) is 8.99. The zero-order valence-corrected chi connectivity index (χ0v) is 19.0. The Kier molecular flexibility index (Phi) is 6.22. The molecular weight excluding hydrogens is 436 g/mol. The van der Waals surface area contributed by atoms with Crippen LogP contribution in [0.2, 0.25) is 0 Å². The molecule has 31 heavy (non-hydrogen) atoms. The van der Waals surface area contributed by atoms with Crippen LogP contribution >= 0.6 is 11.3 Å². The monoisotopic (exact) mass is 460 g/mol. The third-order valence-corrected chi connectivity index (χ3v) is 8.25. The van der Waals surface area contributed by atoms with Gasteiger partial charge < -0.3 is 9.84 Å². The van der Waals surface area contributed by atoms with E-state index in [0.717, 1.165) is 4.88 Å². The van der Waals surface area contributed by atoms with Gasteiger partial charge in [0.15, 0.2) is 0 Å². The Bertz CT molecular complexity index is 1170. The molecule has 1 saturated heterocycles. The molecule has 0 aliphatic carbocycles. The molecule has 0 bridgehead atoms. The molecule has 1 N–H and O–H groups in total. The number of aryl methyl sites for hydroxylation is 2. The summed E-state index contributed by atoms with van der Waals surface area (Å²) in [5, 5.41) is 8.78. The summed E-state index contributed by atoms with van der Waals surface area (Å²) >= 11 is 1.58. The maximum absolute atomic E-state index is 13.4. The van der Waals surface area contributed by atoms with Crippen molar-refractivity contribution in [1.82, 2.24) is 19.8 Å². The minimum Gasteiger partial charge on any atom is -0.351 e. The van der Waals surface area contributed by atoms with Crippen LogP contribution in [-0.4, -0.2) is 41.9 Å². The normalized spacial score (nSPS) is 17.5. The lowest BCUT2D eigenvalue weighted by Gasteiger charge is -2.31. The fourth-order valence-electron chi connectivity index (χ4n) is 3.68. The minimum absolute atomic E-state index is 0.110. The number of carbonyl (C=O) groups excluding carboxylic acids is 1. The van der Waals surface area contributed by atoms with Gasteiger partial charge in [-0.15, -0.1) is 11.3 Å². The Hall–Kier alpha value is -2.56. The molecule has 8 nitrogen and oxygen atoms in total. The van der Waals surface area contributed by atoms with Gasteiger partial charge in [0.2, 0.25) is 27.6 Å². The second-order valence-electron chi connectivity index (χ2n) is 7.62. The van der Waals surface area contributed by atoms with E-state index < -0.39 is 10.0 Å². The van der Waals surface area contributed by atoms with E-state index in [9.17, 15) is 13.2 Å². The fraction of sp³-hybridized carbons (Fsp3) is 0.381. The van der Waals surface area contributed by atoms with Crippen LogP contribution in [0, 0.1) is 19.8 Å². The van der Waals surface area contributed by atoms with Gasteiger partial charge >= 0.3 is 0 Å². The van der Waals surface area contributed by atoms with Crippen LogP contribution in [-0.2, 0) is 21.4 Å². The number of rotatable bonds is 6. The van der Waals surface area contributed by atoms with Crippen molar-refractivity contribution in [1.29, 1.82) is 0 Å². The predicted octanol–water partition coefficient (Wildman–Crippen LogP) is 3.13. The van der Waals surface area contributed by atoms with Gasteiger partial charge in [-0.2, -0.15) is 9.29 Å². The van der Waals surface area contributed by atoms with E-state index in [-0.39, 0.29) is 23.3 Å². The summed E-state index contributed by atoms with van der Waals surface area (Å²) in [5.41, 5.74) is 1.21. The van der Waals surface area contributed by atoms with Crippen LogP contribution in [0.1, 0.15) is 29.2 Å². The largest absolute Gasteiger partial charge is 0.351 e. The molecule has 1 aliphatic heterocycles. The maximum atomic E-state index is 13.4. The Labute approximate surface area is 185 Å². The molecule has 3 aromatic rings. The highest BCUT2D eigenvalue weighted by atomic mass is 32.2. The van der Waals surface area contributed by atoms with Gasteiger partial charge in [-0.1, -0.05) is 23.4 Å². The highest BCUT2D eigenvalue weighted by Crippen LogP contribution is 2.29. The lowest BCUT2D eigenvalue weighted by Crippen LogP contribution is -2.45. The van der Waals surface area contributed by atoms with Gasteiger partial charge in [0.25, 0.3) is 0 Å². The van der Waals surface area contributed by atoms with Crippen molar-refractivity contribution in [2.24, 2.45) is 5.92 Å². The average Bonchev–Trinajstić information content (AvgIpc) is 3.44. The fourth-order valence-corrected chi connectivity index (χ4v) is 6.10. The van der Waals surface area contributed by atoms with Crippen molar-refractivity contribution >= 4 is 27.3 Å². The molecule has 164 valence electrons. The summed E-state index contributed by atoms with van der Waals surface area (Å²) in [5.74, 6) is 0.277. The molecule has 1 atom stereocenters. The molecule has 10 heteroatoms. The number of benzene rings is 1. The van der Waals surface area contributed by atoms with Gasteiger partial charge in [-0.25, -0.2) is 8.42 Å². The van der Waals surface area contributed by atoms with Crippen molar-refractivity contribution in [2.75, 3.05) is 13.1 Å². The second-order valence-corrected chi connectivity index (χ2v) is 10.6. The summed E-state index contributed by atoms with van der Waals surface area (Å²) in [4.78, 5) is 18.1. The molecule has 0 unspecified atom stereocenters. The summed E-state index contributed by atoms with van der Waals surface area (Å²) in [6.07, 6.45) is 1.31. The molecule has 0 spiro atoms. The number of sulfonamides is 1. The number of nitrogens with zero attached hydrogens (tertiary/aromatic N) is 3. The first kappa shape index (κ1) is 21.7. The first-order valence-corrected chi connectivity index (χ1v) is 12.4. The van der Waals surface area contributed by atoms with Crippen molar-refractivity contribution in [3.05, 3.63) is 52.0 Å². The van der Waals surface area contributed by atoms with Crippen molar-refractivity contribution in [3.8, 4) is 11.4 Å². The van der Waals surface area contributed by atoms with Crippen molar-refractivity contribution in [3.63, 3.8) is 0 Å². The van der Waals surface area contributed by atoms with Gasteiger partial charge in [0.1, 0.15) is 0 Å². The third kappa shape index (κ3) is 4.70. The summed E-state index contributed by atoms with van der Waals surface area (Å²) < 4.78 is 33.3. The summed E-state index contributed by atoms with van der Waals surface area (Å²) in [7, 11) is -3.77. The predicted molar refractivity (Wildman–Crippen MR) is 117 cm³/mol. The molecule has 0 radical (unpaired) electrons. The number of hydrogen-bond acceptors (Lipinski definition) is 7. The Morgan fingerprint density at radius 3 is 2.87 bits per heavy atom. The van der Waals surface area contributed by atoms with E-state index in [2.05, 4.69) is 15.5 Å². The van der Waals surface area contributed by atoms with Crippen LogP contribution in [0.4, 0.5) is 0 Å². The molecule has 1 amide bonds. The number of piperidine rings is 1. The van der Waals surface area contributed by atoms with Crippen LogP contribution in [0.3, 0.4) is 0 Å². The van der Waals surface area contributed by atoms with Crippen molar-refractivity contribution in [2.45, 2.75) is 38.1 Å². The number of aromatic nitrogens is 2. The van der Waals surface area contributed by atoms with Crippen molar-refractivity contribution < 1.29 is 17.7 Å². The van der Waals surface area contributed by atoms with Gasteiger partial charge in [0.05, 0.1) is 17.4 Å². The zero-order valence-electron chi connectivity index (χ0n) is 17.4. The number of carbonyl (C=O) groups is 1. The third-order valence-electron chi connectivity index (χ3n) is 5.36. The van der Waals surface area contributed by atoms with E-state index in [1.54, 1.807) is 43.4 Å². The molecular formula is C21H24N4O4S2. The van der Waals surface area contributed by atoms with Gasteiger partial charge in [-0.3, -0.25) is 4.79 Å². The lowest BCUT2D eigenvalue weighted by atomic mass is 9.99. The molecule has 1 aliphatic rings. The smallest absolute Gasteiger partial charge is 0.243 e. The number of hydrogen-bond donors (Lipinski definition) is 1. The van der Waals surface area contributed by atoms with E-state index in [1.807, 2.05) is 17.5 Å². The number of amides is 1. The Morgan fingerprint density at radius 2 is 2.16 bits per heavy atom. The highest BCUT2D eigenvalue weighted by molar-refractivity contribution is 7.89. The van der Waals surface area contributed by atoms with Gasteiger partial charge in [-0.05, 0) is 42.8 Å². The molecule has 2 aromatic heterocycles. The van der Waals surface area contributed by atoms with E-state index in [0.29, 0.717) is 48.8 Å². The van der Waals surface area contributed by atoms with E-state index in [4.69, 9.17) is 4.52 Å². The quantitative estimate of drug-likeness (QED) is 0.606. The molecule has 4 rings (SSSR count). The van der Waals surface area contributed by atoms with Crippen LogP contribution in [0.25, 0.3) is 11.4 Å². The molecule has 3 heterocycles. The molecule has 0 saturated carbocycles. The van der Waals surface area contributed by atoms with Crippen LogP contribution < -0.4 is 5.32 Å². The van der Waals surface area contributed by atoms with E-state index >= 15 is 0 Å². The summed E-state index contributed by atoms with van der Waals surface area (Å²) in [6.45, 7) is 4.46. The van der Waals surface area contributed by atoms with Crippen LogP contribution in [0.15, 0.2) is 45.1 Å². The number of nitrogens with one attached hydrogen (secondary N) is 1. The Balaban J connectivity index is 1.52. The molecule has 1 aromatic carbocycles. The molecule has 1 fully saturated rings. The van der Waals surface area contributed by atoms with Gasteiger partial charge in [0, 0.05) is 30.5 Å². The zero-order chi connectivity index (χ0) is 22.0. The Morgan fingerprint density at radius 1 is 1.32 bits per heavy atom. The SMILES string of the molecule is Cc1nc(-c2ccc(C)c(S(=O)(=O)N3CCC[C@@H](C(=O)NCc4cccs4)C3)c2)no1. The van der Waals surface area contributed by atoms with E-state index in [1.165, 1.54) is 4.31 Å². The lowest BCUT2D eigenvalue weighted by molar-refractivity contribution is -0.126. The number of thiophene rings is 1. The maximum Gasteiger partial charge on any atom is 0.243 e. The topological polar surface area (TPSA) is 105 Å². The minimum atomic E-state index is -3.77. The first-order valence-electron chi connectivity index (χ1n) is 10.1. The second kappa shape index (κ2) is 8.89. The first-order chi connectivity index (χ1) is 14.8. The standard InChI is InChI=1S/C21H24N4O4S2/c1-14-7-8-16(20-23-15(2)29-24-20)11-19(14)31(27,28)25-9-3-5-17(13-25)21(26)22-12-18-6-4-10-30-18/h4,6-8,10-11,17H,3,5,9,12-13H2,1-2H3,(H,22,26)/t17-/m1/s1. The van der Waals surface area contributed by atoms with Crippen LogP contribution in [0.5, 0.6) is 0 Å². The average molecular weight is 461 g/mol.